The van der Waals surface area contributed by atoms with E-state index in [4.69, 9.17) is 4.74 Å². The number of aromatic hydroxyl groups is 1. The van der Waals surface area contributed by atoms with Crippen molar-refractivity contribution in [1.82, 2.24) is 13.9 Å². The summed E-state index contributed by atoms with van der Waals surface area (Å²) in [5.41, 5.74) is 0.504. The number of ketones is 2. The lowest BCUT2D eigenvalue weighted by atomic mass is 9.47. The van der Waals surface area contributed by atoms with Crippen LogP contribution in [0, 0.1) is 5.92 Å². The van der Waals surface area contributed by atoms with E-state index in [2.05, 4.69) is 0 Å². The second kappa shape index (κ2) is 11.1. The fourth-order valence-corrected chi connectivity index (χ4v) is 8.17. The maximum atomic E-state index is 15.1. The molecule has 0 bridgehead atoms. The Labute approximate surface area is 275 Å². The fraction of sp³-hybridized carbons (Fsp3) is 0.179. The van der Waals surface area contributed by atoms with Crippen molar-refractivity contribution in [3.63, 3.8) is 0 Å². The van der Waals surface area contributed by atoms with Gasteiger partial charge in [0.15, 0.2) is 11.6 Å². The summed E-state index contributed by atoms with van der Waals surface area (Å²) >= 11 is 0. The summed E-state index contributed by atoms with van der Waals surface area (Å²) in [7, 11) is 1.52. The van der Waals surface area contributed by atoms with Gasteiger partial charge in [0.2, 0.25) is 0 Å². The normalized spacial score (nSPS) is 23.0. The number of para-hydroxylation sites is 1. The van der Waals surface area contributed by atoms with E-state index in [0.29, 0.717) is 39.3 Å². The number of carbonyl (C=O) groups is 2. The number of hydrogen-bond donors (Lipinski definition) is 1. The van der Waals surface area contributed by atoms with Crippen LogP contribution in [-0.2, 0) is 21.5 Å². The molecule has 48 heavy (non-hydrogen) atoms. The van der Waals surface area contributed by atoms with Crippen LogP contribution in [0.5, 0.6) is 11.5 Å². The monoisotopic (exact) mass is 637 g/mol. The summed E-state index contributed by atoms with van der Waals surface area (Å²) < 4.78 is 9.54. The van der Waals surface area contributed by atoms with Crippen LogP contribution < -0.4 is 16.1 Å². The number of phenolic OH excluding ortho intramolecular Hbond substituents is 1. The molecule has 4 atom stereocenters. The third kappa shape index (κ3) is 4.10. The van der Waals surface area contributed by atoms with Crippen LogP contribution >= 0.6 is 0 Å². The third-order valence-corrected chi connectivity index (χ3v) is 10.2. The average molecular weight is 638 g/mol. The molecule has 9 heteroatoms. The van der Waals surface area contributed by atoms with E-state index in [1.807, 2.05) is 54.6 Å². The van der Waals surface area contributed by atoms with Crippen LogP contribution in [0.3, 0.4) is 0 Å². The molecule has 1 aromatic heterocycles. The summed E-state index contributed by atoms with van der Waals surface area (Å²) in [6.45, 7) is 0.0593. The summed E-state index contributed by atoms with van der Waals surface area (Å²) in [5, 5.41) is 11.5. The topological polar surface area (TPSA) is 113 Å². The number of aromatic nitrogens is 3. The van der Waals surface area contributed by atoms with E-state index in [0.717, 1.165) is 4.57 Å². The minimum absolute atomic E-state index is 0.0593. The summed E-state index contributed by atoms with van der Waals surface area (Å²) in [4.78, 5) is 58.1. The molecule has 3 aliphatic rings. The first kappa shape index (κ1) is 29.4. The zero-order chi connectivity index (χ0) is 33.2. The number of Topliss-reactive ketones (excluding diaryl/α,β-unsaturated/α-hetero) is 1. The van der Waals surface area contributed by atoms with Gasteiger partial charge in [-0.25, -0.2) is 23.5 Å². The van der Waals surface area contributed by atoms with E-state index in [1.165, 1.54) is 28.6 Å². The van der Waals surface area contributed by atoms with Crippen LogP contribution in [0.1, 0.15) is 35.1 Å². The third-order valence-electron chi connectivity index (χ3n) is 10.2. The Bertz CT molecular complexity index is 2280. The highest BCUT2D eigenvalue weighted by Crippen LogP contribution is 2.62. The largest absolute Gasteiger partial charge is 0.508 e. The highest BCUT2D eigenvalue weighted by atomic mass is 16.5. The Morgan fingerprint density at radius 1 is 0.812 bits per heavy atom. The molecule has 4 aromatic carbocycles. The number of fused-ring (bicyclic) bond motifs is 4. The van der Waals surface area contributed by atoms with Crippen LogP contribution in [0.2, 0.25) is 0 Å². The lowest BCUT2D eigenvalue weighted by Crippen LogP contribution is -2.58. The molecular formula is C39H31N3O6. The minimum Gasteiger partial charge on any atom is -0.508 e. The molecule has 1 fully saturated rings. The van der Waals surface area contributed by atoms with Crippen LogP contribution in [0.15, 0.2) is 137 Å². The number of ether oxygens (including phenoxy) is 1. The van der Waals surface area contributed by atoms with Crippen molar-refractivity contribution in [2.24, 2.45) is 5.92 Å². The molecule has 0 radical (unpaired) electrons. The van der Waals surface area contributed by atoms with E-state index < -0.39 is 34.7 Å². The number of carbonyl (C=O) groups excluding carboxylic acids is 2. The summed E-state index contributed by atoms with van der Waals surface area (Å²) in [6, 6.07) is 31.1. The molecule has 4 unspecified atom stereocenters. The Balaban J connectivity index is 1.44. The molecule has 1 saturated carbocycles. The molecule has 0 amide bonds. The lowest BCUT2D eigenvalue weighted by Gasteiger charge is -2.54. The van der Waals surface area contributed by atoms with Gasteiger partial charge < -0.3 is 9.84 Å². The first-order valence-electron chi connectivity index (χ1n) is 15.8. The molecule has 0 spiro atoms. The predicted molar refractivity (Wildman–Crippen MR) is 179 cm³/mol. The van der Waals surface area contributed by atoms with Crippen molar-refractivity contribution < 1.29 is 19.4 Å². The Kier molecular flexibility index (Phi) is 6.80. The molecule has 8 rings (SSSR count). The zero-order valence-corrected chi connectivity index (χ0v) is 26.0. The Morgan fingerprint density at radius 2 is 1.48 bits per heavy atom. The van der Waals surface area contributed by atoms with Gasteiger partial charge in [-0.15, -0.1) is 0 Å². The van der Waals surface area contributed by atoms with E-state index in [9.17, 15) is 19.5 Å². The van der Waals surface area contributed by atoms with Gasteiger partial charge in [0, 0.05) is 23.0 Å². The maximum Gasteiger partial charge on any atom is 0.352 e. The van der Waals surface area contributed by atoms with Gasteiger partial charge in [-0.2, -0.15) is 0 Å². The quantitative estimate of drug-likeness (QED) is 0.273. The van der Waals surface area contributed by atoms with E-state index >= 15 is 4.79 Å². The number of methoxy groups -OCH3 is 1. The minimum atomic E-state index is -1.48. The first-order valence-corrected chi connectivity index (χ1v) is 15.8. The van der Waals surface area contributed by atoms with Gasteiger partial charge in [0.25, 0.3) is 0 Å². The average Bonchev–Trinajstić information content (AvgIpc) is 3.39. The standard InChI is InChI=1S/C39H31N3O6/c1-48-27-17-18-33(43)30(21-27)35-28-19-20-40-37(46)41(26-15-9-4-10-16-26)38(47)42(40)32(28)23-31-36(45)29(24-11-5-2-6-12-24)22-34(44)39(31,35)25-13-7-3-8-14-25/h2-19,21-22,31-32,35,43H,20,23H2,1H3. The predicted octanol–water partition coefficient (Wildman–Crippen LogP) is 4.97. The highest BCUT2D eigenvalue weighted by molar-refractivity contribution is 6.31. The number of nitrogens with zero attached hydrogens (tertiary/aromatic N) is 3. The van der Waals surface area contributed by atoms with Crippen molar-refractivity contribution in [3.8, 4) is 17.2 Å². The van der Waals surface area contributed by atoms with Gasteiger partial charge in [-0.1, -0.05) is 84.9 Å². The molecule has 1 N–H and O–H groups in total. The molecule has 9 nitrogen and oxygen atoms in total. The van der Waals surface area contributed by atoms with E-state index in [-0.39, 0.29) is 30.3 Å². The molecule has 5 aromatic rings. The second-order valence-electron chi connectivity index (χ2n) is 12.4. The van der Waals surface area contributed by atoms with Crippen LogP contribution in [-0.4, -0.2) is 37.7 Å². The maximum absolute atomic E-state index is 15.1. The van der Waals surface area contributed by atoms with Crippen molar-refractivity contribution >= 4 is 17.1 Å². The SMILES string of the molecule is COc1ccc(O)c(C2C3=CCn4c(=O)n(-c5ccccc5)c(=O)n4C3CC3C(=O)C(c4ccccc4)=CC(=O)C32c2ccccc2)c1. The van der Waals surface area contributed by atoms with Crippen molar-refractivity contribution in [2.45, 2.75) is 30.3 Å². The van der Waals surface area contributed by atoms with Crippen LogP contribution in [0.25, 0.3) is 11.3 Å². The molecule has 2 heterocycles. The first-order chi connectivity index (χ1) is 23.4. The Morgan fingerprint density at radius 3 is 2.17 bits per heavy atom. The fourth-order valence-electron chi connectivity index (χ4n) is 8.17. The zero-order valence-electron chi connectivity index (χ0n) is 26.0. The number of phenols is 1. The number of allylic oxidation sites excluding steroid dienone is 4. The Hall–Kier alpha value is -5.96. The van der Waals surface area contributed by atoms with Gasteiger partial charge in [0.1, 0.15) is 11.5 Å². The molecule has 1 aliphatic heterocycles. The van der Waals surface area contributed by atoms with Gasteiger partial charge in [-0.3, -0.25) is 9.59 Å². The second-order valence-corrected chi connectivity index (χ2v) is 12.4. The molecular weight excluding hydrogens is 606 g/mol. The molecule has 238 valence electrons. The van der Waals surface area contributed by atoms with Crippen LogP contribution in [0.4, 0.5) is 0 Å². The van der Waals surface area contributed by atoms with Gasteiger partial charge in [-0.05, 0) is 59.5 Å². The van der Waals surface area contributed by atoms with Crippen molar-refractivity contribution in [3.05, 3.63) is 165 Å². The summed E-state index contributed by atoms with van der Waals surface area (Å²) in [5.74, 6) is -1.99. The number of hydrogen-bond acceptors (Lipinski definition) is 6. The van der Waals surface area contributed by atoms with E-state index in [1.54, 1.807) is 54.6 Å². The summed E-state index contributed by atoms with van der Waals surface area (Å²) in [6.07, 6.45) is 3.40. The molecule has 2 aliphatic carbocycles. The number of benzene rings is 4. The smallest absolute Gasteiger partial charge is 0.352 e. The van der Waals surface area contributed by atoms with Crippen molar-refractivity contribution in [1.29, 1.82) is 0 Å². The lowest BCUT2D eigenvalue weighted by molar-refractivity contribution is -0.133. The number of rotatable bonds is 5. The van der Waals surface area contributed by atoms with Gasteiger partial charge >= 0.3 is 11.4 Å². The molecule has 0 saturated heterocycles. The highest BCUT2D eigenvalue weighted by Gasteiger charge is 2.63. The van der Waals surface area contributed by atoms with Gasteiger partial charge in [0.05, 0.1) is 30.8 Å². The van der Waals surface area contributed by atoms with Crippen molar-refractivity contribution in [2.75, 3.05) is 7.11 Å².